The van der Waals surface area contributed by atoms with Gasteiger partial charge in [0, 0.05) is 35.6 Å². The van der Waals surface area contributed by atoms with Gasteiger partial charge in [-0.25, -0.2) is 0 Å². The van der Waals surface area contributed by atoms with Crippen LogP contribution in [0.5, 0.6) is 0 Å². The van der Waals surface area contributed by atoms with Crippen molar-refractivity contribution in [2.75, 3.05) is 11.9 Å². The van der Waals surface area contributed by atoms with Gasteiger partial charge < -0.3 is 4.90 Å². The summed E-state index contributed by atoms with van der Waals surface area (Å²) in [6, 6.07) is 13.9. The molecule has 0 aliphatic heterocycles. The molecule has 0 radical (unpaired) electrons. The fourth-order valence-electron chi connectivity index (χ4n) is 2.42. The number of carbonyl (C=O) groups is 1. The second-order valence-electron chi connectivity index (χ2n) is 5.62. The summed E-state index contributed by atoms with van der Waals surface area (Å²) in [5.41, 5.74) is 4.20. The number of rotatable bonds is 3. The summed E-state index contributed by atoms with van der Waals surface area (Å²) >= 11 is 1.50. The van der Waals surface area contributed by atoms with Crippen molar-refractivity contribution >= 4 is 22.9 Å². The number of carbonyl (C=O) groups excluding carboxylic acids is 1. The van der Waals surface area contributed by atoms with Gasteiger partial charge in [0.1, 0.15) is 0 Å². The summed E-state index contributed by atoms with van der Waals surface area (Å²) in [5.74, 6) is 0.00691. The average Bonchev–Trinajstić information content (AvgIpc) is 3.03. The number of anilines is 1. The highest BCUT2D eigenvalue weighted by atomic mass is 32.1. The van der Waals surface area contributed by atoms with E-state index in [4.69, 9.17) is 0 Å². The Morgan fingerprint density at radius 2 is 1.87 bits per heavy atom. The first-order valence-corrected chi connectivity index (χ1v) is 8.23. The third-order valence-electron chi connectivity index (χ3n) is 3.67. The molecule has 3 rings (SSSR count). The number of hydrogen-bond donors (Lipinski definition) is 0. The molecule has 1 aromatic carbocycles. The van der Waals surface area contributed by atoms with Crippen molar-refractivity contribution < 1.29 is 4.79 Å². The van der Waals surface area contributed by atoms with Crippen molar-refractivity contribution in [3.8, 4) is 10.4 Å². The lowest BCUT2D eigenvalue weighted by atomic mass is 10.2. The Balaban J connectivity index is 1.86. The van der Waals surface area contributed by atoms with Crippen molar-refractivity contribution in [3.05, 3.63) is 70.9 Å². The van der Waals surface area contributed by atoms with E-state index in [2.05, 4.69) is 11.1 Å². The summed E-state index contributed by atoms with van der Waals surface area (Å²) < 4.78 is 0. The maximum absolute atomic E-state index is 12.7. The molecule has 0 fully saturated rings. The molecule has 0 bridgehead atoms. The van der Waals surface area contributed by atoms with E-state index >= 15 is 0 Å². The van der Waals surface area contributed by atoms with Gasteiger partial charge in [-0.1, -0.05) is 12.1 Å². The lowest BCUT2D eigenvalue weighted by Gasteiger charge is -2.16. The van der Waals surface area contributed by atoms with Gasteiger partial charge in [-0.2, -0.15) is 0 Å². The molecule has 0 saturated heterocycles. The Hall–Kier alpha value is -2.46. The SMILES string of the molecule is Cc1cncc(-c2ccc(C(=O)N(C)c3cccc(C)c3)s2)c1. The van der Waals surface area contributed by atoms with Crippen LogP contribution >= 0.6 is 11.3 Å². The lowest BCUT2D eigenvalue weighted by molar-refractivity contribution is 0.0997. The molecule has 116 valence electrons. The Morgan fingerprint density at radius 1 is 1.04 bits per heavy atom. The van der Waals surface area contributed by atoms with Crippen molar-refractivity contribution in [2.45, 2.75) is 13.8 Å². The summed E-state index contributed by atoms with van der Waals surface area (Å²) in [4.78, 5) is 20.4. The normalized spacial score (nSPS) is 10.6. The molecule has 23 heavy (non-hydrogen) atoms. The first-order valence-electron chi connectivity index (χ1n) is 7.41. The van der Waals surface area contributed by atoms with E-state index in [1.807, 2.05) is 69.7 Å². The molecule has 4 heteroatoms. The molecule has 0 unspecified atom stereocenters. The van der Waals surface area contributed by atoms with E-state index in [0.29, 0.717) is 0 Å². The van der Waals surface area contributed by atoms with Gasteiger partial charge in [0.2, 0.25) is 0 Å². The number of hydrogen-bond acceptors (Lipinski definition) is 3. The molecule has 3 nitrogen and oxygen atoms in total. The predicted molar refractivity (Wildman–Crippen MR) is 96.2 cm³/mol. The number of aryl methyl sites for hydroxylation is 2. The summed E-state index contributed by atoms with van der Waals surface area (Å²) in [6.45, 7) is 4.04. The first kappa shape index (κ1) is 15.4. The van der Waals surface area contributed by atoms with Crippen LogP contribution in [0.2, 0.25) is 0 Å². The minimum Gasteiger partial charge on any atom is -0.311 e. The highest BCUT2D eigenvalue weighted by molar-refractivity contribution is 7.17. The number of nitrogens with zero attached hydrogens (tertiary/aromatic N) is 2. The zero-order chi connectivity index (χ0) is 16.4. The van der Waals surface area contributed by atoms with Crippen molar-refractivity contribution in [1.29, 1.82) is 0 Å². The average molecular weight is 322 g/mol. The van der Waals surface area contributed by atoms with E-state index in [0.717, 1.165) is 32.1 Å². The van der Waals surface area contributed by atoms with Gasteiger partial charge in [-0.3, -0.25) is 9.78 Å². The number of pyridine rings is 1. The van der Waals surface area contributed by atoms with Gasteiger partial charge in [0.25, 0.3) is 5.91 Å². The largest absolute Gasteiger partial charge is 0.311 e. The zero-order valence-corrected chi connectivity index (χ0v) is 14.2. The summed E-state index contributed by atoms with van der Waals surface area (Å²) in [5, 5.41) is 0. The minimum absolute atomic E-state index is 0.00691. The second kappa shape index (κ2) is 6.34. The second-order valence-corrected chi connectivity index (χ2v) is 6.70. The van der Waals surface area contributed by atoms with Gasteiger partial charge in [0.05, 0.1) is 4.88 Å². The quantitative estimate of drug-likeness (QED) is 0.700. The van der Waals surface area contributed by atoms with E-state index in [1.54, 1.807) is 4.90 Å². The van der Waals surface area contributed by atoms with Crippen LogP contribution in [0.25, 0.3) is 10.4 Å². The third kappa shape index (κ3) is 3.32. The smallest absolute Gasteiger partial charge is 0.268 e. The van der Waals surface area contributed by atoms with E-state index in [9.17, 15) is 4.79 Å². The Bertz CT molecular complexity index is 854. The molecule has 2 aromatic heterocycles. The van der Waals surface area contributed by atoms with Crippen LogP contribution in [0.1, 0.15) is 20.8 Å². The van der Waals surface area contributed by atoms with Crippen LogP contribution < -0.4 is 4.90 Å². The van der Waals surface area contributed by atoms with Crippen molar-refractivity contribution in [2.24, 2.45) is 0 Å². The Morgan fingerprint density at radius 3 is 2.61 bits per heavy atom. The number of amides is 1. The fraction of sp³-hybridized carbons (Fsp3) is 0.158. The van der Waals surface area contributed by atoms with Crippen molar-refractivity contribution in [1.82, 2.24) is 4.98 Å². The van der Waals surface area contributed by atoms with Crippen LogP contribution in [0.3, 0.4) is 0 Å². The van der Waals surface area contributed by atoms with Crippen LogP contribution in [0, 0.1) is 13.8 Å². The predicted octanol–water partition coefficient (Wildman–Crippen LogP) is 4.70. The van der Waals surface area contributed by atoms with E-state index in [1.165, 1.54) is 11.3 Å². The molecule has 0 atom stereocenters. The monoisotopic (exact) mass is 322 g/mol. The Kier molecular flexibility index (Phi) is 4.26. The van der Waals surface area contributed by atoms with Crippen LogP contribution in [0.15, 0.2) is 54.9 Å². The molecule has 0 aliphatic carbocycles. The van der Waals surface area contributed by atoms with Crippen molar-refractivity contribution in [3.63, 3.8) is 0 Å². The highest BCUT2D eigenvalue weighted by Gasteiger charge is 2.16. The van der Waals surface area contributed by atoms with Gasteiger partial charge >= 0.3 is 0 Å². The molecular formula is C19H18N2OS. The summed E-state index contributed by atoms with van der Waals surface area (Å²) in [7, 11) is 1.81. The molecule has 1 amide bonds. The summed E-state index contributed by atoms with van der Waals surface area (Å²) in [6.07, 6.45) is 3.66. The molecule has 0 saturated carbocycles. The number of aromatic nitrogens is 1. The van der Waals surface area contributed by atoms with Crippen LogP contribution in [0.4, 0.5) is 5.69 Å². The molecule has 0 spiro atoms. The van der Waals surface area contributed by atoms with Gasteiger partial charge in [-0.15, -0.1) is 11.3 Å². The van der Waals surface area contributed by atoms with E-state index < -0.39 is 0 Å². The first-order chi connectivity index (χ1) is 11.0. The molecule has 3 aromatic rings. The number of thiophene rings is 1. The minimum atomic E-state index is 0.00691. The standard InChI is InChI=1S/C19H18N2OS/c1-13-5-4-6-16(10-13)21(3)19(22)18-8-7-17(23-18)15-9-14(2)11-20-12-15/h4-12H,1-3H3. The Labute approximate surface area is 140 Å². The van der Waals surface area contributed by atoms with Crippen LogP contribution in [-0.2, 0) is 0 Å². The fourth-order valence-corrected chi connectivity index (χ4v) is 3.38. The molecule has 0 N–H and O–H groups in total. The van der Waals surface area contributed by atoms with Gasteiger partial charge in [-0.05, 0) is 55.3 Å². The molecule has 0 aliphatic rings. The molecular weight excluding hydrogens is 304 g/mol. The maximum Gasteiger partial charge on any atom is 0.268 e. The lowest BCUT2D eigenvalue weighted by Crippen LogP contribution is -2.25. The zero-order valence-electron chi connectivity index (χ0n) is 13.4. The molecule has 2 heterocycles. The third-order valence-corrected chi connectivity index (χ3v) is 4.79. The van der Waals surface area contributed by atoms with Gasteiger partial charge in [0.15, 0.2) is 0 Å². The van der Waals surface area contributed by atoms with E-state index in [-0.39, 0.29) is 5.91 Å². The topological polar surface area (TPSA) is 33.2 Å². The maximum atomic E-state index is 12.7. The number of benzene rings is 1. The van der Waals surface area contributed by atoms with Crippen LogP contribution in [-0.4, -0.2) is 17.9 Å². The highest BCUT2D eigenvalue weighted by Crippen LogP contribution is 2.29.